The monoisotopic (exact) mass is 270 g/mol. The first-order valence-electron chi connectivity index (χ1n) is 5.28. The molecule has 0 saturated carbocycles. The highest BCUT2D eigenvalue weighted by Gasteiger charge is 2.16. The smallest absolute Gasteiger partial charge is 0.412 e. The number of ether oxygens (including phenoxy) is 1. The quantitative estimate of drug-likeness (QED) is 0.811. The molecule has 1 amide bonds. The van der Waals surface area contributed by atoms with Gasteiger partial charge in [0.05, 0.1) is 0 Å². The summed E-state index contributed by atoms with van der Waals surface area (Å²) in [5, 5.41) is 2.48. The van der Waals surface area contributed by atoms with Crippen molar-refractivity contribution in [1.82, 2.24) is 0 Å². The fourth-order valence-electron chi connectivity index (χ4n) is 1.21. The number of hydrogen-bond donors (Lipinski definition) is 2. The lowest BCUT2D eigenvalue weighted by Gasteiger charge is -2.19. The Bertz CT molecular complexity index is 483. The average Bonchev–Trinajstić information content (AvgIpc) is 2.17. The molecule has 6 heteroatoms. The van der Waals surface area contributed by atoms with Crippen molar-refractivity contribution in [3.8, 4) is 0 Å². The standard InChI is InChI=1S/C12H15FN2O2S/c1-12(2,3)17-11(16)15-7-4-5-9(13)8(6-7)10(14)18/h4-6H,1-3H3,(H2,14,18)(H,15,16). The second-order valence-electron chi connectivity index (χ2n) is 4.69. The number of carbonyl (C=O) groups excluding carboxylic acids is 1. The molecule has 0 heterocycles. The Balaban J connectivity index is 2.83. The summed E-state index contributed by atoms with van der Waals surface area (Å²) in [5.41, 5.74) is 5.21. The van der Waals surface area contributed by atoms with E-state index in [4.69, 9.17) is 22.7 Å². The number of thiocarbonyl (C=S) groups is 1. The SMILES string of the molecule is CC(C)(C)OC(=O)Nc1ccc(F)c(C(N)=S)c1. The third-order valence-corrected chi connectivity index (χ3v) is 2.10. The summed E-state index contributed by atoms with van der Waals surface area (Å²) in [5.74, 6) is -0.530. The minimum atomic E-state index is -0.622. The number of nitrogens with two attached hydrogens (primary N) is 1. The molecule has 0 bridgehead atoms. The molecule has 0 saturated heterocycles. The largest absolute Gasteiger partial charge is 0.444 e. The molecule has 0 aliphatic rings. The lowest BCUT2D eigenvalue weighted by molar-refractivity contribution is 0.0636. The van der Waals surface area contributed by atoms with Gasteiger partial charge in [0.15, 0.2) is 0 Å². The van der Waals surface area contributed by atoms with E-state index in [2.05, 4.69) is 5.32 Å². The molecule has 0 aliphatic carbocycles. The van der Waals surface area contributed by atoms with Crippen molar-refractivity contribution in [1.29, 1.82) is 0 Å². The molecule has 0 fully saturated rings. The molecular weight excluding hydrogens is 255 g/mol. The van der Waals surface area contributed by atoms with E-state index in [1.54, 1.807) is 20.8 Å². The molecule has 0 aromatic heterocycles. The van der Waals surface area contributed by atoms with Gasteiger partial charge < -0.3 is 10.5 Å². The number of nitrogens with one attached hydrogen (secondary N) is 1. The first-order valence-corrected chi connectivity index (χ1v) is 5.69. The second kappa shape index (κ2) is 5.30. The number of hydrogen-bond acceptors (Lipinski definition) is 3. The fraction of sp³-hybridized carbons (Fsp3) is 0.333. The highest BCUT2D eigenvalue weighted by Crippen LogP contribution is 2.16. The van der Waals surface area contributed by atoms with Crippen LogP contribution in [0.5, 0.6) is 0 Å². The zero-order valence-electron chi connectivity index (χ0n) is 10.4. The third kappa shape index (κ3) is 4.29. The van der Waals surface area contributed by atoms with Gasteiger partial charge in [-0.05, 0) is 39.0 Å². The van der Waals surface area contributed by atoms with E-state index in [-0.39, 0.29) is 10.6 Å². The van der Waals surface area contributed by atoms with Gasteiger partial charge in [-0.2, -0.15) is 0 Å². The lowest BCUT2D eigenvalue weighted by Crippen LogP contribution is -2.27. The van der Waals surface area contributed by atoms with Crippen LogP contribution in [-0.2, 0) is 4.74 Å². The van der Waals surface area contributed by atoms with Crippen molar-refractivity contribution in [3.05, 3.63) is 29.6 Å². The molecule has 0 radical (unpaired) electrons. The van der Waals surface area contributed by atoms with Crippen LogP contribution < -0.4 is 11.1 Å². The fourth-order valence-corrected chi connectivity index (χ4v) is 1.37. The molecule has 3 N–H and O–H groups in total. The second-order valence-corrected chi connectivity index (χ2v) is 5.13. The summed E-state index contributed by atoms with van der Waals surface area (Å²) in [6, 6.07) is 3.95. The van der Waals surface area contributed by atoms with Crippen LogP contribution in [0.3, 0.4) is 0 Å². The Morgan fingerprint density at radius 2 is 2.06 bits per heavy atom. The maximum Gasteiger partial charge on any atom is 0.412 e. The van der Waals surface area contributed by atoms with Gasteiger partial charge in [-0.1, -0.05) is 12.2 Å². The number of amides is 1. The molecule has 0 atom stereocenters. The van der Waals surface area contributed by atoms with Crippen molar-refractivity contribution in [3.63, 3.8) is 0 Å². The minimum absolute atomic E-state index is 0.0691. The maximum absolute atomic E-state index is 13.3. The van der Waals surface area contributed by atoms with Gasteiger partial charge in [0.1, 0.15) is 16.4 Å². The van der Waals surface area contributed by atoms with Gasteiger partial charge >= 0.3 is 6.09 Å². The Kier molecular flexibility index (Phi) is 4.24. The van der Waals surface area contributed by atoms with E-state index in [1.165, 1.54) is 18.2 Å². The molecule has 18 heavy (non-hydrogen) atoms. The van der Waals surface area contributed by atoms with Crippen molar-refractivity contribution in [2.45, 2.75) is 26.4 Å². The first kappa shape index (κ1) is 14.4. The van der Waals surface area contributed by atoms with E-state index < -0.39 is 17.5 Å². The van der Waals surface area contributed by atoms with Crippen LogP contribution in [0, 0.1) is 5.82 Å². The van der Waals surface area contributed by atoms with E-state index in [1.807, 2.05) is 0 Å². The Labute approximate surface area is 110 Å². The number of halogens is 1. The number of benzene rings is 1. The normalized spacial score (nSPS) is 10.9. The molecule has 0 unspecified atom stereocenters. The molecular formula is C12H15FN2O2S. The van der Waals surface area contributed by atoms with Gasteiger partial charge in [0.2, 0.25) is 0 Å². The summed E-state index contributed by atoms with van der Waals surface area (Å²) in [6.45, 7) is 5.24. The topological polar surface area (TPSA) is 64.3 Å². The van der Waals surface area contributed by atoms with Crippen LogP contribution >= 0.6 is 12.2 Å². The van der Waals surface area contributed by atoms with Crippen molar-refractivity contribution in [2.75, 3.05) is 5.32 Å². The van der Waals surface area contributed by atoms with Gasteiger partial charge in [-0.25, -0.2) is 9.18 Å². The molecule has 0 spiro atoms. The van der Waals surface area contributed by atoms with Gasteiger partial charge in [-0.15, -0.1) is 0 Å². The third-order valence-electron chi connectivity index (χ3n) is 1.88. The molecule has 1 rings (SSSR count). The summed E-state index contributed by atoms with van der Waals surface area (Å²) >= 11 is 4.70. The number of anilines is 1. The lowest BCUT2D eigenvalue weighted by atomic mass is 10.2. The van der Waals surface area contributed by atoms with Gasteiger partial charge in [-0.3, -0.25) is 5.32 Å². The molecule has 1 aromatic carbocycles. The van der Waals surface area contributed by atoms with E-state index in [0.29, 0.717) is 5.69 Å². The Morgan fingerprint density at radius 3 is 2.56 bits per heavy atom. The first-order chi connectivity index (χ1) is 8.19. The van der Waals surface area contributed by atoms with Crippen molar-refractivity contribution >= 4 is 29.0 Å². The van der Waals surface area contributed by atoms with Crippen LogP contribution in [0.15, 0.2) is 18.2 Å². The van der Waals surface area contributed by atoms with Crippen molar-refractivity contribution < 1.29 is 13.9 Å². The van der Waals surface area contributed by atoms with Crippen LogP contribution in [0.4, 0.5) is 14.9 Å². The predicted octanol–water partition coefficient (Wildman–Crippen LogP) is 2.81. The minimum Gasteiger partial charge on any atom is -0.444 e. The predicted molar refractivity (Wildman–Crippen MR) is 72.1 cm³/mol. The van der Waals surface area contributed by atoms with Crippen molar-refractivity contribution in [2.24, 2.45) is 5.73 Å². The molecule has 4 nitrogen and oxygen atoms in total. The van der Waals surface area contributed by atoms with Crippen LogP contribution in [0.2, 0.25) is 0 Å². The average molecular weight is 270 g/mol. The van der Waals surface area contributed by atoms with Gasteiger partial charge in [0.25, 0.3) is 0 Å². The van der Waals surface area contributed by atoms with Crippen LogP contribution in [-0.4, -0.2) is 16.7 Å². The summed E-state index contributed by atoms with van der Waals surface area (Å²) in [4.78, 5) is 11.4. The zero-order chi connectivity index (χ0) is 13.9. The Hall–Kier alpha value is -1.69. The van der Waals surface area contributed by atoms with Crippen LogP contribution in [0.25, 0.3) is 0 Å². The summed E-state index contributed by atoms with van der Waals surface area (Å²) in [6.07, 6.45) is -0.622. The zero-order valence-corrected chi connectivity index (χ0v) is 11.2. The van der Waals surface area contributed by atoms with E-state index >= 15 is 0 Å². The number of rotatable bonds is 2. The van der Waals surface area contributed by atoms with E-state index in [0.717, 1.165) is 0 Å². The van der Waals surface area contributed by atoms with Crippen LogP contribution in [0.1, 0.15) is 26.3 Å². The summed E-state index contributed by atoms with van der Waals surface area (Å²) in [7, 11) is 0. The molecule has 0 aliphatic heterocycles. The number of carbonyl (C=O) groups is 1. The molecule has 1 aromatic rings. The van der Waals surface area contributed by atoms with Gasteiger partial charge in [0, 0.05) is 11.3 Å². The highest BCUT2D eigenvalue weighted by molar-refractivity contribution is 7.80. The summed E-state index contributed by atoms with van der Waals surface area (Å²) < 4.78 is 18.4. The molecule has 98 valence electrons. The van der Waals surface area contributed by atoms with E-state index in [9.17, 15) is 9.18 Å². The maximum atomic E-state index is 13.3. The Morgan fingerprint density at radius 1 is 1.44 bits per heavy atom. The highest BCUT2D eigenvalue weighted by atomic mass is 32.1.